The third kappa shape index (κ3) is 3.02. The number of ether oxygens (including phenoxy) is 1. The lowest BCUT2D eigenvalue weighted by atomic mass is 10.1. The summed E-state index contributed by atoms with van der Waals surface area (Å²) in [6.45, 7) is 4.42. The van der Waals surface area contributed by atoms with E-state index >= 15 is 0 Å². The fourth-order valence-corrected chi connectivity index (χ4v) is 2.00. The van der Waals surface area contributed by atoms with Crippen LogP contribution in [0.4, 0.5) is 6.01 Å². The number of nitrogens with one attached hydrogen (secondary N) is 1. The fraction of sp³-hybridized carbons (Fsp3) is 0.125. The molecule has 5 nitrogen and oxygen atoms in total. The van der Waals surface area contributed by atoms with Crippen LogP contribution in [-0.4, -0.2) is 16.7 Å². The van der Waals surface area contributed by atoms with Crippen LogP contribution in [0.5, 0.6) is 5.75 Å². The molecule has 3 aromatic rings. The van der Waals surface area contributed by atoms with Crippen LogP contribution in [0.3, 0.4) is 0 Å². The molecule has 0 radical (unpaired) electrons. The van der Waals surface area contributed by atoms with Crippen LogP contribution in [0.25, 0.3) is 10.8 Å². The quantitative estimate of drug-likeness (QED) is 0.702. The average Bonchev–Trinajstić information content (AvgIpc) is 2.99. The number of aromatic nitrogens is 2. The molecule has 0 aliphatic carbocycles. The number of hydrogen-bond acceptors (Lipinski definition) is 5. The van der Waals surface area contributed by atoms with Crippen molar-refractivity contribution in [1.29, 1.82) is 0 Å². The summed E-state index contributed by atoms with van der Waals surface area (Å²) in [6.07, 6.45) is 1.72. The summed E-state index contributed by atoms with van der Waals surface area (Å²) in [5.41, 5.74) is 0. The SMILES string of the molecule is C=CCNc1nnc(COc2cccc3ccccc23)o1. The molecule has 0 bridgehead atoms. The maximum atomic E-state index is 5.78. The maximum Gasteiger partial charge on any atom is 0.315 e. The summed E-state index contributed by atoms with van der Waals surface area (Å²) in [7, 11) is 0. The standard InChI is InChI=1S/C16H15N3O2/c1-2-10-17-16-19-18-15(21-16)11-20-14-9-5-7-12-6-3-4-8-13(12)14/h2-9H,1,10-11H2,(H,17,19). The number of anilines is 1. The monoisotopic (exact) mass is 281 g/mol. The summed E-state index contributed by atoms with van der Waals surface area (Å²) in [6, 6.07) is 14.4. The summed E-state index contributed by atoms with van der Waals surface area (Å²) >= 11 is 0. The van der Waals surface area contributed by atoms with E-state index in [1.54, 1.807) is 6.08 Å². The first-order valence-corrected chi connectivity index (χ1v) is 6.64. The first-order valence-electron chi connectivity index (χ1n) is 6.64. The van der Waals surface area contributed by atoms with Crippen molar-refractivity contribution in [2.75, 3.05) is 11.9 Å². The van der Waals surface area contributed by atoms with E-state index in [0.29, 0.717) is 18.5 Å². The Morgan fingerprint density at radius 2 is 2.00 bits per heavy atom. The van der Waals surface area contributed by atoms with Gasteiger partial charge in [0.05, 0.1) is 0 Å². The second-order valence-corrected chi connectivity index (χ2v) is 4.44. The second kappa shape index (κ2) is 6.09. The molecule has 0 aliphatic rings. The predicted octanol–water partition coefficient (Wildman–Crippen LogP) is 3.40. The Morgan fingerprint density at radius 3 is 2.90 bits per heavy atom. The summed E-state index contributed by atoms with van der Waals surface area (Å²) in [4.78, 5) is 0. The van der Waals surface area contributed by atoms with Crippen LogP contribution >= 0.6 is 0 Å². The summed E-state index contributed by atoms with van der Waals surface area (Å²) < 4.78 is 11.2. The van der Waals surface area contributed by atoms with Gasteiger partial charge in [0.25, 0.3) is 5.89 Å². The largest absolute Gasteiger partial charge is 0.483 e. The van der Waals surface area contributed by atoms with Crippen LogP contribution in [-0.2, 0) is 6.61 Å². The highest BCUT2D eigenvalue weighted by molar-refractivity contribution is 5.88. The van der Waals surface area contributed by atoms with Gasteiger partial charge in [-0.2, -0.15) is 0 Å². The first kappa shape index (κ1) is 13.2. The zero-order valence-electron chi connectivity index (χ0n) is 11.5. The highest BCUT2D eigenvalue weighted by Crippen LogP contribution is 2.25. The third-order valence-electron chi connectivity index (χ3n) is 2.97. The van der Waals surface area contributed by atoms with Crippen LogP contribution in [0, 0.1) is 0 Å². The second-order valence-electron chi connectivity index (χ2n) is 4.44. The Hall–Kier alpha value is -2.82. The molecule has 1 heterocycles. The molecule has 1 N–H and O–H groups in total. The van der Waals surface area contributed by atoms with Gasteiger partial charge in [-0.15, -0.1) is 11.7 Å². The van der Waals surface area contributed by atoms with E-state index in [1.807, 2.05) is 42.5 Å². The summed E-state index contributed by atoms with van der Waals surface area (Å²) in [5.74, 6) is 1.22. The van der Waals surface area contributed by atoms with Crippen molar-refractivity contribution < 1.29 is 9.15 Å². The number of hydrogen-bond donors (Lipinski definition) is 1. The average molecular weight is 281 g/mol. The van der Waals surface area contributed by atoms with Gasteiger partial charge >= 0.3 is 6.01 Å². The van der Waals surface area contributed by atoms with Crippen molar-refractivity contribution in [1.82, 2.24) is 10.2 Å². The Balaban J connectivity index is 1.71. The van der Waals surface area contributed by atoms with E-state index in [1.165, 1.54) is 0 Å². The highest BCUT2D eigenvalue weighted by atomic mass is 16.5. The van der Waals surface area contributed by atoms with Crippen molar-refractivity contribution in [3.63, 3.8) is 0 Å². The highest BCUT2D eigenvalue weighted by Gasteiger charge is 2.07. The van der Waals surface area contributed by atoms with Gasteiger partial charge in [-0.1, -0.05) is 47.6 Å². The van der Waals surface area contributed by atoms with E-state index in [4.69, 9.17) is 9.15 Å². The Bertz CT molecular complexity index is 747. The van der Waals surface area contributed by atoms with E-state index in [9.17, 15) is 0 Å². The van der Waals surface area contributed by atoms with Crippen molar-refractivity contribution in [3.05, 3.63) is 61.0 Å². The number of benzene rings is 2. The lowest BCUT2D eigenvalue weighted by Gasteiger charge is -2.07. The van der Waals surface area contributed by atoms with Crippen molar-refractivity contribution in [2.24, 2.45) is 0 Å². The van der Waals surface area contributed by atoms with E-state index in [-0.39, 0.29) is 6.61 Å². The number of rotatable bonds is 6. The molecule has 0 saturated carbocycles. The molecule has 2 aromatic carbocycles. The number of nitrogens with zero attached hydrogens (tertiary/aromatic N) is 2. The van der Waals surface area contributed by atoms with E-state index < -0.39 is 0 Å². The molecule has 0 atom stereocenters. The third-order valence-corrected chi connectivity index (χ3v) is 2.97. The molecule has 21 heavy (non-hydrogen) atoms. The Morgan fingerprint density at radius 1 is 1.14 bits per heavy atom. The fourth-order valence-electron chi connectivity index (χ4n) is 2.00. The predicted molar refractivity (Wildman–Crippen MR) is 81.3 cm³/mol. The van der Waals surface area contributed by atoms with Crippen LogP contribution < -0.4 is 10.1 Å². The molecule has 0 unspecified atom stereocenters. The Labute approximate surface area is 122 Å². The van der Waals surface area contributed by atoms with Gasteiger partial charge in [0, 0.05) is 11.9 Å². The van der Waals surface area contributed by atoms with Gasteiger partial charge < -0.3 is 14.5 Å². The molecular weight excluding hydrogens is 266 g/mol. The maximum absolute atomic E-state index is 5.78. The van der Waals surface area contributed by atoms with Crippen LogP contribution in [0.15, 0.2) is 59.5 Å². The lowest BCUT2D eigenvalue weighted by Crippen LogP contribution is -1.97. The molecule has 1 aromatic heterocycles. The van der Waals surface area contributed by atoms with Crippen LogP contribution in [0.1, 0.15) is 5.89 Å². The van der Waals surface area contributed by atoms with Crippen LogP contribution in [0.2, 0.25) is 0 Å². The molecule has 0 spiro atoms. The van der Waals surface area contributed by atoms with Gasteiger partial charge in [0.15, 0.2) is 6.61 Å². The molecule has 0 amide bonds. The molecule has 0 fully saturated rings. The first-order chi connectivity index (χ1) is 10.4. The molecule has 106 valence electrons. The minimum absolute atomic E-state index is 0.233. The molecule has 5 heteroatoms. The normalized spacial score (nSPS) is 10.5. The smallest absolute Gasteiger partial charge is 0.315 e. The summed E-state index contributed by atoms with van der Waals surface area (Å²) in [5, 5.41) is 12.9. The topological polar surface area (TPSA) is 60.2 Å². The zero-order valence-corrected chi connectivity index (χ0v) is 11.5. The van der Waals surface area contributed by atoms with Gasteiger partial charge in [-0.05, 0) is 11.5 Å². The van der Waals surface area contributed by atoms with Crippen molar-refractivity contribution in [3.8, 4) is 5.75 Å². The van der Waals surface area contributed by atoms with Crippen molar-refractivity contribution >= 4 is 16.8 Å². The molecule has 0 saturated heterocycles. The molecule has 0 aliphatic heterocycles. The number of fused-ring (bicyclic) bond motifs is 1. The minimum atomic E-state index is 0.233. The van der Waals surface area contributed by atoms with Gasteiger partial charge in [-0.25, -0.2) is 0 Å². The molecule has 3 rings (SSSR count). The zero-order chi connectivity index (χ0) is 14.5. The lowest BCUT2D eigenvalue weighted by molar-refractivity contribution is 0.267. The Kier molecular flexibility index (Phi) is 3.82. The van der Waals surface area contributed by atoms with Gasteiger partial charge in [0.2, 0.25) is 0 Å². The van der Waals surface area contributed by atoms with Crippen molar-refractivity contribution in [2.45, 2.75) is 6.61 Å². The van der Waals surface area contributed by atoms with Gasteiger partial charge in [-0.3, -0.25) is 0 Å². The van der Waals surface area contributed by atoms with Gasteiger partial charge in [0.1, 0.15) is 5.75 Å². The van der Waals surface area contributed by atoms with E-state index in [2.05, 4.69) is 22.1 Å². The molecular formula is C16H15N3O2. The van der Waals surface area contributed by atoms with E-state index in [0.717, 1.165) is 16.5 Å². The minimum Gasteiger partial charge on any atom is -0.483 e.